The third-order valence-electron chi connectivity index (χ3n) is 5.02. The van der Waals surface area contributed by atoms with E-state index in [4.69, 9.17) is 18.8 Å². The van der Waals surface area contributed by atoms with Crippen LogP contribution in [0.25, 0.3) is 11.0 Å². The highest BCUT2D eigenvalue weighted by Gasteiger charge is 2.42. The summed E-state index contributed by atoms with van der Waals surface area (Å²) in [4.78, 5) is 41.6. The number of ether oxygens (including phenoxy) is 3. The minimum atomic E-state index is -1.06. The Hall–Kier alpha value is -4.81. The standard InChI is InChI=1S/C21H17N5O8/c1-11-17(19(27)31-2)18(12-4-9-15-16(10-12)24-34-23-15)25(20(22-11)32-3)21(28)33-14-7-5-13(6-8-14)26(29)30/h4-10,18H,1-3H3. The second-order valence-electron chi connectivity index (χ2n) is 6.99. The zero-order chi connectivity index (χ0) is 24.4. The maximum Gasteiger partial charge on any atom is 0.424 e. The van der Waals surface area contributed by atoms with Crippen LogP contribution in [0.4, 0.5) is 10.5 Å². The van der Waals surface area contributed by atoms with Gasteiger partial charge in [0.15, 0.2) is 0 Å². The highest BCUT2D eigenvalue weighted by molar-refractivity contribution is 6.00. The second-order valence-corrected chi connectivity index (χ2v) is 6.99. The molecule has 0 N–H and O–H groups in total. The lowest BCUT2D eigenvalue weighted by Crippen LogP contribution is -2.46. The first-order chi connectivity index (χ1) is 16.3. The number of rotatable bonds is 4. The average Bonchev–Trinajstić information content (AvgIpc) is 3.31. The zero-order valence-electron chi connectivity index (χ0n) is 18.1. The summed E-state index contributed by atoms with van der Waals surface area (Å²) in [5, 5.41) is 18.5. The number of allylic oxidation sites excluding steroid dienone is 1. The van der Waals surface area contributed by atoms with Crippen molar-refractivity contribution in [2.75, 3.05) is 14.2 Å². The summed E-state index contributed by atoms with van der Waals surface area (Å²) in [6, 6.07) is 8.57. The maximum absolute atomic E-state index is 13.3. The van der Waals surface area contributed by atoms with E-state index in [1.165, 1.54) is 38.5 Å². The van der Waals surface area contributed by atoms with Gasteiger partial charge in [0.05, 0.1) is 30.4 Å². The lowest BCUT2D eigenvalue weighted by molar-refractivity contribution is -0.384. The van der Waals surface area contributed by atoms with Crippen LogP contribution in [-0.4, -0.2) is 52.4 Å². The van der Waals surface area contributed by atoms with E-state index in [0.717, 1.165) is 4.90 Å². The fraction of sp³-hybridized carbons (Fsp3) is 0.190. The van der Waals surface area contributed by atoms with Crippen LogP contribution in [0.3, 0.4) is 0 Å². The van der Waals surface area contributed by atoms with E-state index in [-0.39, 0.29) is 28.7 Å². The summed E-state index contributed by atoms with van der Waals surface area (Å²) < 4.78 is 20.4. The number of nitro groups is 1. The van der Waals surface area contributed by atoms with E-state index < -0.39 is 23.0 Å². The topological polar surface area (TPSA) is 159 Å². The molecular formula is C21H17N5O8. The van der Waals surface area contributed by atoms with Crippen LogP contribution in [0.15, 0.2) is 63.4 Å². The minimum Gasteiger partial charge on any atom is -0.468 e. The molecule has 2 heterocycles. The van der Waals surface area contributed by atoms with Crippen molar-refractivity contribution in [2.45, 2.75) is 13.0 Å². The van der Waals surface area contributed by atoms with Gasteiger partial charge in [-0.3, -0.25) is 10.1 Å². The average molecular weight is 467 g/mol. The summed E-state index contributed by atoms with van der Waals surface area (Å²) in [5.41, 5.74) is 1.49. The molecule has 1 atom stereocenters. The van der Waals surface area contributed by atoms with Crippen LogP contribution in [-0.2, 0) is 14.3 Å². The number of fused-ring (bicyclic) bond motifs is 1. The number of nitro benzene ring substituents is 1. The van der Waals surface area contributed by atoms with E-state index in [1.807, 2.05) is 0 Å². The number of amidine groups is 1. The Labute approximate surface area is 191 Å². The summed E-state index contributed by atoms with van der Waals surface area (Å²) in [6.45, 7) is 1.58. The molecule has 1 aliphatic rings. The molecular weight excluding hydrogens is 450 g/mol. The number of nitrogens with zero attached hydrogens (tertiary/aromatic N) is 5. The van der Waals surface area contributed by atoms with Crippen molar-refractivity contribution < 1.29 is 33.4 Å². The molecule has 0 fully saturated rings. The molecule has 4 rings (SSSR count). The Kier molecular flexibility index (Phi) is 5.91. The van der Waals surface area contributed by atoms with Crippen LogP contribution < -0.4 is 4.74 Å². The highest BCUT2D eigenvalue weighted by Crippen LogP contribution is 2.37. The lowest BCUT2D eigenvalue weighted by atomic mass is 9.94. The quantitative estimate of drug-likeness (QED) is 0.317. The van der Waals surface area contributed by atoms with E-state index in [1.54, 1.807) is 25.1 Å². The third-order valence-corrected chi connectivity index (χ3v) is 5.02. The van der Waals surface area contributed by atoms with Crippen molar-refractivity contribution in [1.82, 2.24) is 15.2 Å². The fourth-order valence-electron chi connectivity index (χ4n) is 3.46. The molecule has 34 heavy (non-hydrogen) atoms. The highest BCUT2D eigenvalue weighted by atomic mass is 16.6. The van der Waals surface area contributed by atoms with Crippen molar-refractivity contribution in [2.24, 2.45) is 4.99 Å². The maximum atomic E-state index is 13.3. The predicted octanol–water partition coefficient (Wildman–Crippen LogP) is 3.14. The minimum absolute atomic E-state index is 0.0341. The molecule has 13 heteroatoms. The van der Waals surface area contributed by atoms with Gasteiger partial charge in [0, 0.05) is 12.1 Å². The van der Waals surface area contributed by atoms with Crippen molar-refractivity contribution in [1.29, 1.82) is 0 Å². The van der Waals surface area contributed by atoms with Gasteiger partial charge in [-0.1, -0.05) is 6.07 Å². The molecule has 1 amide bonds. The molecule has 1 unspecified atom stereocenters. The van der Waals surface area contributed by atoms with E-state index in [2.05, 4.69) is 15.3 Å². The van der Waals surface area contributed by atoms with E-state index in [9.17, 15) is 19.7 Å². The number of carbonyl (C=O) groups is 2. The van der Waals surface area contributed by atoms with Crippen molar-refractivity contribution in [3.8, 4) is 5.75 Å². The predicted molar refractivity (Wildman–Crippen MR) is 115 cm³/mol. The molecule has 0 saturated heterocycles. The van der Waals surface area contributed by atoms with Crippen molar-refractivity contribution in [3.63, 3.8) is 0 Å². The normalized spacial score (nSPS) is 15.7. The molecule has 0 aliphatic carbocycles. The Morgan fingerprint density at radius 2 is 1.79 bits per heavy atom. The van der Waals surface area contributed by atoms with Gasteiger partial charge >= 0.3 is 18.1 Å². The molecule has 2 aromatic carbocycles. The van der Waals surface area contributed by atoms with Gasteiger partial charge < -0.3 is 14.2 Å². The summed E-state index contributed by atoms with van der Waals surface area (Å²) in [5.74, 6) is -0.681. The number of aromatic nitrogens is 2. The molecule has 1 aliphatic heterocycles. The Bertz CT molecular complexity index is 1340. The number of non-ortho nitro benzene ring substituents is 1. The van der Waals surface area contributed by atoms with Crippen LogP contribution in [0, 0.1) is 10.1 Å². The van der Waals surface area contributed by atoms with Gasteiger partial charge in [-0.25, -0.2) is 24.1 Å². The summed E-state index contributed by atoms with van der Waals surface area (Å²) in [7, 11) is 2.52. The number of hydrogen-bond acceptors (Lipinski definition) is 11. The molecule has 13 nitrogen and oxygen atoms in total. The molecule has 3 aromatic rings. The first kappa shape index (κ1) is 22.4. The number of aliphatic imine (C=N–C) groups is 1. The molecule has 1 aromatic heterocycles. The Morgan fingerprint density at radius 3 is 2.44 bits per heavy atom. The van der Waals surface area contributed by atoms with Crippen molar-refractivity contribution >= 4 is 34.8 Å². The number of carbonyl (C=O) groups excluding carboxylic acids is 2. The number of methoxy groups -OCH3 is 2. The molecule has 0 spiro atoms. The SMILES string of the molecule is COC(=O)C1=C(C)N=C(OC)N(C(=O)Oc2ccc([N+](=O)[O-])cc2)C1c1ccc2nonc2c1. The zero-order valence-corrected chi connectivity index (χ0v) is 18.1. The summed E-state index contributed by atoms with van der Waals surface area (Å²) in [6.07, 6.45) is -0.952. The van der Waals surface area contributed by atoms with Gasteiger partial charge in [0.2, 0.25) is 0 Å². The number of hydrogen-bond donors (Lipinski definition) is 0. The fourth-order valence-corrected chi connectivity index (χ4v) is 3.46. The summed E-state index contributed by atoms with van der Waals surface area (Å²) >= 11 is 0. The largest absolute Gasteiger partial charge is 0.468 e. The van der Waals surface area contributed by atoms with Crippen LogP contribution in [0.1, 0.15) is 18.5 Å². The van der Waals surface area contributed by atoms with Crippen LogP contribution in [0.2, 0.25) is 0 Å². The third kappa shape index (κ3) is 4.01. The second kappa shape index (κ2) is 8.97. The van der Waals surface area contributed by atoms with Gasteiger partial charge in [0.1, 0.15) is 22.8 Å². The smallest absolute Gasteiger partial charge is 0.424 e. The van der Waals surface area contributed by atoms with Gasteiger partial charge in [-0.2, -0.15) is 0 Å². The number of esters is 1. The first-order valence-corrected chi connectivity index (χ1v) is 9.73. The van der Waals surface area contributed by atoms with Gasteiger partial charge in [0.25, 0.3) is 5.69 Å². The van der Waals surface area contributed by atoms with Crippen LogP contribution in [0.5, 0.6) is 5.75 Å². The Morgan fingerprint density at radius 1 is 1.09 bits per heavy atom. The van der Waals surface area contributed by atoms with Gasteiger partial charge in [-0.15, -0.1) is 0 Å². The lowest BCUT2D eigenvalue weighted by Gasteiger charge is -2.34. The van der Waals surface area contributed by atoms with E-state index >= 15 is 0 Å². The molecule has 0 radical (unpaired) electrons. The first-order valence-electron chi connectivity index (χ1n) is 9.73. The van der Waals surface area contributed by atoms with Gasteiger partial charge in [-0.05, 0) is 47.1 Å². The number of amides is 1. The molecule has 0 bridgehead atoms. The van der Waals surface area contributed by atoms with E-state index in [0.29, 0.717) is 16.6 Å². The van der Waals surface area contributed by atoms with Crippen molar-refractivity contribution in [3.05, 3.63) is 69.4 Å². The van der Waals surface area contributed by atoms with Crippen LogP contribution >= 0.6 is 0 Å². The monoisotopic (exact) mass is 467 g/mol. The molecule has 174 valence electrons. The number of benzene rings is 2. The Balaban J connectivity index is 1.79. The molecule has 0 saturated carbocycles.